The van der Waals surface area contributed by atoms with Gasteiger partial charge in [0.2, 0.25) is 0 Å². The first-order valence-electron chi connectivity index (χ1n) is 27.7. The van der Waals surface area contributed by atoms with Crippen LogP contribution in [0, 0.1) is 25.7 Å². The molecule has 0 bridgehead atoms. The third-order valence-electron chi connectivity index (χ3n) is 17.9. The minimum absolute atomic E-state index is 0.125. The molecule has 15 rings (SSSR count). The molecule has 3 aliphatic rings. The zero-order valence-electron chi connectivity index (χ0n) is 42.9. The molecule has 2 heterocycles. The predicted octanol–water partition coefficient (Wildman–Crippen LogP) is 20.8. The van der Waals surface area contributed by atoms with Crippen LogP contribution in [0.1, 0.15) is 86.5 Å². The van der Waals surface area contributed by atoms with Gasteiger partial charge in [-0.1, -0.05) is 160 Å². The van der Waals surface area contributed by atoms with Crippen LogP contribution in [0.4, 0.5) is 34.1 Å². The molecule has 3 aliphatic carbocycles. The van der Waals surface area contributed by atoms with Gasteiger partial charge >= 0.3 is 0 Å². The van der Waals surface area contributed by atoms with Crippen molar-refractivity contribution in [2.75, 3.05) is 9.80 Å². The lowest BCUT2D eigenvalue weighted by Crippen LogP contribution is -2.44. The van der Waals surface area contributed by atoms with Gasteiger partial charge in [0.05, 0.1) is 11.4 Å². The number of hydrogen-bond acceptors (Lipinski definition) is 4. The number of rotatable bonds is 8. The van der Waals surface area contributed by atoms with E-state index in [9.17, 15) is 0 Å². The lowest BCUT2D eigenvalue weighted by atomic mass is 9.54. The number of benzene rings is 10. The minimum Gasteiger partial charge on any atom is -0.454 e. The van der Waals surface area contributed by atoms with Crippen molar-refractivity contribution >= 4 is 99.5 Å². The number of nitrogens with zero attached hydrogens (tertiary/aromatic N) is 2. The first kappa shape index (κ1) is 44.4. The highest BCUT2D eigenvalue weighted by atomic mass is 16.3. The Morgan fingerprint density at radius 3 is 1.23 bits per heavy atom. The van der Waals surface area contributed by atoms with E-state index < -0.39 is 0 Å². The number of fused-ring (bicyclic) bond motifs is 13. The van der Waals surface area contributed by atoms with Gasteiger partial charge in [-0.15, -0.1) is 0 Å². The average Bonchev–Trinajstić information content (AvgIpc) is 4.22. The first-order chi connectivity index (χ1) is 37.0. The van der Waals surface area contributed by atoms with Crippen molar-refractivity contribution < 1.29 is 8.83 Å². The van der Waals surface area contributed by atoms with Gasteiger partial charge in [-0.25, -0.2) is 0 Å². The van der Waals surface area contributed by atoms with Gasteiger partial charge in [-0.3, -0.25) is 0 Å². The molecule has 0 amide bonds. The van der Waals surface area contributed by atoms with Crippen LogP contribution in [-0.2, 0) is 5.41 Å². The maximum atomic E-state index is 6.77. The second-order valence-corrected chi connectivity index (χ2v) is 22.2. The summed E-state index contributed by atoms with van der Waals surface area (Å²) in [7, 11) is 0. The molecule has 4 heteroatoms. The summed E-state index contributed by atoms with van der Waals surface area (Å²) >= 11 is 0. The van der Waals surface area contributed by atoms with Crippen LogP contribution < -0.4 is 9.80 Å². The summed E-state index contributed by atoms with van der Waals surface area (Å²) in [5.41, 5.74) is 18.6. The molecule has 0 aliphatic heterocycles. The fourth-order valence-electron chi connectivity index (χ4n) is 14.8. The van der Waals surface area contributed by atoms with E-state index in [1.807, 2.05) is 0 Å². The van der Waals surface area contributed by atoms with E-state index >= 15 is 0 Å². The average molecular weight is 973 g/mol. The summed E-state index contributed by atoms with van der Waals surface area (Å²) in [6, 6.07) is 72.6. The van der Waals surface area contributed by atoms with Crippen LogP contribution in [0.25, 0.3) is 76.5 Å². The Kier molecular flexibility index (Phi) is 10.4. The molecule has 0 N–H and O–H groups in total. The molecule has 0 atom stereocenters. The quantitative estimate of drug-likeness (QED) is 0.152. The lowest BCUT2D eigenvalue weighted by molar-refractivity contribution is 0.140. The van der Waals surface area contributed by atoms with Crippen molar-refractivity contribution in [1.82, 2.24) is 0 Å². The Balaban J connectivity index is 0.944. The number of para-hydroxylation sites is 4. The minimum atomic E-state index is -0.125. The molecule has 366 valence electrons. The van der Waals surface area contributed by atoms with Gasteiger partial charge in [0.1, 0.15) is 11.2 Å². The molecular formula is C71H60N2O2. The van der Waals surface area contributed by atoms with E-state index in [1.165, 1.54) is 108 Å². The molecule has 0 saturated heterocycles. The Bertz CT molecular complexity index is 3950. The first-order valence-corrected chi connectivity index (χ1v) is 27.7. The summed E-state index contributed by atoms with van der Waals surface area (Å²) in [6.07, 6.45) is 12.9. The monoisotopic (exact) mass is 972 g/mol. The van der Waals surface area contributed by atoms with Crippen molar-refractivity contribution in [2.24, 2.45) is 11.8 Å². The Hall–Kier alpha value is -8.08. The highest BCUT2D eigenvalue weighted by Crippen LogP contribution is 2.65. The van der Waals surface area contributed by atoms with Gasteiger partial charge in [-0.05, 0) is 179 Å². The van der Waals surface area contributed by atoms with E-state index in [0.29, 0.717) is 11.8 Å². The third-order valence-corrected chi connectivity index (χ3v) is 17.9. The molecular weight excluding hydrogens is 913 g/mol. The predicted molar refractivity (Wildman–Crippen MR) is 314 cm³/mol. The zero-order chi connectivity index (χ0) is 49.8. The Labute approximate surface area is 438 Å². The van der Waals surface area contributed by atoms with E-state index in [4.69, 9.17) is 8.83 Å². The molecule has 10 aromatic carbocycles. The van der Waals surface area contributed by atoms with E-state index in [-0.39, 0.29) is 5.41 Å². The Morgan fingerprint density at radius 1 is 0.360 bits per heavy atom. The van der Waals surface area contributed by atoms with Crippen molar-refractivity contribution in [2.45, 2.75) is 83.5 Å². The smallest absolute Gasteiger partial charge is 0.159 e. The van der Waals surface area contributed by atoms with Gasteiger partial charge in [-0.2, -0.15) is 0 Å². The van der Waals surface area contributed by atoms with Crippen molar-refractivity contribution in [1.29, 1.82) is 0 Å². The van der Waals surface area contributed by atoms with Crippen molar-refractivity contribution in [3.63, 3.8) is 0 Å². The summed E-state index contributed by atoms with van der Waals surface area (Å²) in [4.78, 5) is 4.85. The van der Waals surface area contributed by atoms with Crippen LogP contribution in [-0.4, -0.2) is 0 Å². The number of anilines is 6. The topological polar surface area (TPSA) is 32.8 Å². The van der Waals surface area contributed by atoms with Gasteiger partial charge < -0.3 is 18.6 Å². The molecule has 2 aromatic heterocycles. The molecule has 0 spiro atoms. The number of furan rings is 2. The normalized spacial score (nSPS) is 15.9. The number of hydrogen-bond donors (Lipinski definition) is 0. The summed E-state index contributed by atoms with van der Waals surface area (Å²) in [5.74, 6) is 1.10. The molecule has 12 aromatic rings. The highest BCUT2D eigenvalue weighted by Gasteiger charge is 2.55. The van der Waals surface area contributed by atoms with E-state index in [0.717, 1.165) is 78.0 Å². The van der Waals surface area contributed by atoms with E-state index in [1.54, 1.807) is 11.1 Å². The summed E-state index contributed by atoms with van der Waals surface area (Å²) in [5, 5.41) is 9.95. The van der Waals surface area contributed by atoms with Crippen LogP contribution in [0.5, 0.6) is 0 Å². The molecule has 75 heavy (non-hydrogen) atoms. The zero-order valence-corrected chi connectivity index (χ0v) is 42.9. The molecule has 2 fully saturated rings. The highest BCUT2D eigenvalue weighted by molar-refractivity contribution is 6.13. The number of aryl methyl sites for hydroxylation is 2. The second kappa shape index (κ2) is 17.5. The summed E-state index contributed by atoms with van der Waals surface area (Å²) < 4.78 is 13.5. The standard InChI is InChI=1S/C71H60N2O2/c1-45-17-13-23-51(41-45)72(63-29-15-27-61-57-25-9-11-31-65(57)74-69(61)63)53-35-39-55-47(43-53)33-37-59-60-38-34-48-44-54(36-40-56(48)68(60)71(67(55)59,49-19-5-3-6-20-49)50-21-7-4-8-22-50)73(52-24-14-18-46(2)42-52)64-30-16-28-62-58-26-10-12-32-66(58)75-70(62)64/h9-18,23-44,49-50H,3-8,19-22H2,1-2H3. The van der Waals surface area contributed by atoms with Crippen LogP contribution >= 0.6 is 0 Å². The van der Waals surface area contributed by atoms with Gasteiger partial charge in [0, 0.05) is 49.7 Å². The Morgan fingerprint density at radius 2 is 0.773 bits per heavy atom. The SMILES string of the molecule is Cc1cccc(N(c2ccc3c4c(ccc3c2)-c2ccc3cc(N(c5cccc(C)c5)c5cccc6c5oc5ccccc56)ccc3c2C4(C2CCCCC2)C2CCCCC2)c2cccc3c2oc2ccccc23)c1. The largest absolute Gasteiger partial charge is 0.454 e. The second-order valence-electron chi connectivity index (χ2n) is 22.2. The molecule has 0 unspecified atom stereocenters. The van der Waals surface area contributed by atoms with Gasteiger partial charge in [0.15, 0.2) is 11.2 Å². The fourth-order valence-corrected chi connectivity index (χ4v) is 14.8. The molecule has 4 nitrogen and oxygen atoms in total. The maximum Gasteiger partial charge on any atom is 0.159 e. The fraction of sp³-hybridized carbons (Fsp3) is 0.211. The third kappa shape index (κ3) is 6.88. The van der Waals surface area contributed by atoms with Gasteiger partial charge in [0.25, 0.3) is 0 Å². The maximum absolute atomic E-state index is 6.77. The van der Waals surface area contributed by atoms with Crippen LogP contribution in [0.15, 0.2) is 203 Å². The molecule has 0 radical (unpaired) electrons. The van der Waals surface area contributed by atoms with E-state index in [2.05, 4.69) is 218 Å². The molecule has 2 saturated carbocycles. The van der Waals surface area contributed by atoms with Crippen LogP contribution in [0.2, 0.25) is 0 Å². The lowest BCUT2D eigenvalue weighted by Gasteiger charge is -2.49. The van der Waals surface area contributed by atoms with Crippen LogP contribution in [0.3, 0.4) is 0 Å². The summed E-state index contributed by atoms with van der Waals surface area (Å²) in [6.45, 7) is 4.38. The van der Waals surface area contributed by atoms with Crippen molar-refractivity contribution in [3.8, 4) is 11.1 Å². The van der Waals surface area contributed by atoms with Crippen molar-refractivity contribution in [3.05, 3.63) is 216 Å².